The molecule has 1 aromatic carbocycles. The van der Waals surface area contributed by atoms with Crippen molar-refractivity contribution < 1.29 is 5.11 Å². The second-order valence-electron chi connectivity index (χ2n) is 4.11. The molecule has 0 amide bonds. The monoisotopic (exact) mass is 306 g/mol. The van der Waals surface area contributed by atoms with Crippen LogP contribution in [0, 0.1) is 0 Å². The summed E-state index contributed by atoms with van der Waals surface area (Å²) in [5.74, 6) is 0. The Morgan fingerprint density at radius 1 is 1.28 bits per heavy atom. The Balaban J connectivity index is 2.14. The summed E-state index contributed by atoms with van der Waals surface area (Å²) in [5.41, 5.74) is 3.01. The van der Waals surface area contributed by atoms with E-state index in [2.05, 4.69) is 25.8 Å². The van der Waals surface area contributed by atoms with Crippen LogP contribution in [0.15, 0.2) is 47.1 Å². The first-order chi connectivity index (χ1) is 8.70. The van der Waals surface area contributed by atoms with Crippen LogP contribution in [0.2, 0.25) is 0 Å². The molecule has 0 saturated heterocycles. The lowest BCUT2D eigenvalue weighted by Gasteiger charge is -2.19. The fraction of sp³-hybridized carbons (Fsp3) is 0.214. The van der Waals surface area contributed by atoms with Gasteiger partial charge in [-0.2, -0.15) is 0 Å². The highest BCUT2D eigenvalue weighted by Crippen LogP contribution is 2.24. The maximum atomic E-state index is 9.13. The van der Waals surface area contributed by atoms with Crippen LogP contribution in [-0.2, 0) is 13.2 Å². The molecule has 0 aliphatic heterocycles. The van der Waals surface area contributed by atoms with E-state index in [1.807, 2.05) is 43.4 Å². The maximum absolute atomic E-state index is 9.13. The lowest BCUT2D eigenvalue weighted by molar-refractivity contribution is 0.281. The Kier molecular flexibility index (Phi) is 4.33. The number of hydrogen-bond donors (Lipinski definition) is 1. The van der Waals surface area contributed by atoms with Crippen LogP contribution in [0.1, 0.15) is 11.3 Å². The molecule has 0 spiro atoms. The van der Waals surface area contributed by atoms with Crippen molar-refractivity contribution in [3.05, 3.63) is 58.3 Å². The zero-order valence-corrected chi connectivity index (χ0v) is 11.8. The van der Waals surface area contributed by atoms with Gasteiger partial charge in [0.15, 0.2) is 0 Å². The topological polar surface area (TPSA) is 36.4 Å². The molecule has 0 bridgehead atoms. The van der Waals surface area contributed by atoms with Crippen molar-refractivity contribution in [2.24, 2.45) is 0 Å². The smallest absolute Gasteiger partial charge is 0.0692 e. The zero-order chi connectivity index (χ0) is 13.0. The molecule has 1 heterocycles. The molecule has 94 valence electrons. The molecule has 0 radical (unpaired) electrons. The Bertz CT molecular complexity index is 516. The van der Waals surface area contributed by atoms with Crippen LogP contribution in [0.5, 0.6) is 0 Å². The highest BCUT2D eigenvalue weighted by molar-refractivity contribution is 9.10. The number of benzene rings is 1. The van der Waals surface area contributed by atoms with Crippen molar-refractivity contribution in [1.29, 1.82) is 0 Å². The summed E-state index contributed by atoms with van der Waals surface area (Å²) in [6.45, 7) is 0.802. The number of aliphatic hydroxyl groups is 1. The van der Waals surface area contributed by atoms with E-state index in [0.29, 0.717) is 0 Å². The highest BCUT2D eigenvalue weighted by atomic mass is 79.9. The van der Waals surface area contributed by atoms with Crippen molar-refractivity contribution >= 4 is 21.6 Å². The summed E-state index contributed by atoms with van der Waals surface area (Å²) in [5, 5.41) is 9.13. The van der Waals surface area contributed by atoms with Gasteiger partial charge in [-0.05, 0) is 29.8 Å². The first-order valence-electron chi connectivity index (χ1n) is 5.71. The Morgan fingerprint density at radius 2 is 2.11 bits per heavy atom. The van der Waals surface area contributed by atoms with Crippen molar-refractivity contribution in [2.45, 2.75) is 13.2 Å². The predicted octanol–water partition coefficient (Wildman–Crippen LogP) is 2.97. The van der Waals surface area contributed by atoms with Crippen molar-refractivity contribution in [3.63, 3.8) is 0 Å². The largest absolute Gasteiger partial charge is 0.392 e. The molecule has 1 aromatic heterocycles. The summed E-state index contributed by atoms with van der Waals surface area (Å²) < 4.78 is 0.926. The quantitative estimate of drug-likeness (QED) is 0.943. The molecule has 0 saturated carbocycles. The number of anilines is 1. The molecule has 0 fully saturated rings. The molecule has 0 atom stereocenters. The standard InChI is InChI=1S/C14H15BrN2O/c1-17(9-12-4-2-3-7-16-12)13-6-5-11(10-18)14(15)8-13/h2-8,18H,9-10H2,1H3. The van der Waals surface area contributed by atoms with Gasteiger partial charge in [0.2, 0.25) is 0 Å². The van der Waals surface area contributed by atoms with Crippen LogP contribution in [-0.4, -0.2) is 17.1 Å². The molecular weight excluding hydrogens is 292 g/mol. The van der Waals surface area contributed by atoms with E-state index in [-0.39, 0.29) is 6.61 Å². The van der Waals surface area contributed by atoms with E-state index in [1.54, 1.807) is 6.20 Å². The predicted molar refractivity (Wildman–Crippen MR) is 76.4 cm³/mol. The molecule has 3 nitrogen and oxygen atoms in total. The Labute approximate surface area is 115 Å². The van der Waals surface area contributed by atoms with E-state index in [9.17, 15) is 0 Å². The molecule has 2 rings (SSSR count). The maximum Gasteiger partial charge on any atom is 0.0692 e. The van der Waals surface area contributed by atoms with Gasteiger partial charge in [0.1, 0.15) is 0 Å². The van der Waals surface area contributed by atoms with E-state index in [1.165, 1.54) is 0 Å². The normalized spacial score (nSPS) is 10.4. The average Bonchev–Trinajstić information content (AvgIpc) is 2.39. The number of pyridine rings is 1. The second kappa shape index (κ2) is 5.98. The number of aromatic nitrogens is 1. The van der Waals surface area contributed by atoms with E-state index in [4.69, 9.17) is 5.11 Å². The summed E-state index contributed by atoms with van der Waals surface area (Å²) >= 11 is 3.46. The van der Waals surface area contributed by atoms with Crippen LogP contribution in [0.3, 0.4) is 0 Å². The zero-order valence-electron chi connectivity index (χ0n) is 10.2. The van der Waals surface area contributed by atoms with Crippen molar-refractivity contribution in [3.8, 4) is 0 Å². The Hall–Kier alpha value is -1.39. The van der Waals surface area contributed by atoms with Crippen LogP contribution in [0.25, 0.3) is 0 Å². The minimum Gasteiger partial charge on any atom is -0.392 e. The molecule has 18 heavy (non-hydrogen) atoms. The van der Waals surface area contributed by atoms with Gasteiger partial charge in [-0.1, -0.05) is 28.1 Å². The molecule has 4 heteroatoms. The fourth-order valence-electron chi connectivity index (χ4n) is 1.73. The lowest BCUT2D eigenvalue weighted by atomic mass is 10.2. The fourth-order valence-corrected chi connectivity index (χ4v) is 2.22. The number of halogens is 1. The van der Waals surface area contributed by atoms with Gasteiger partial charge in [0, 0.05) is 23.4 Å². The minimum absolute atomic E-state index is 0.0464. The number of aliphatic hydroxyl groups excluding tert-OH is 1. The van der Waals surface area contributed by atoms with Gasteiger partial charge in [0.25, 0.3) is 0 Å². The summed E-state index contributed by atoms with van der Waals surface area (Å²) in [4.78, 5) is 6.43. The first-order valence-corrected chi connectivity index (χ1v) is 6.50. The molecule has 1 N–H and O–H groups in total. The SMILES string of the molecule is CN(Cc1ccccn1)c1ccc(CO)c(Br)c1. The number of rotatable bonds is 4. The third kappa shape index (κ3) is 3.09. The average molecular weight is 307 g/mol. The van der Waals surface area contributed by atoms with Crippen molar-refractivity contribution in [2.75, 3.05) is 11.9 Å². The third-order valence-corrected chi connectivity index (χ3v) is 3.51. The van der Waals surface area contributed by atoms with E-state index < -0.39 is 0 Å². The van der Waals surface area contributed by atoms with Crippen LogP contribution >= 0.6 is 15.9 Å². The summed E-state index contributed by atoms with van der Waals surface area (Å²) in [6, 6.07) is 11.8. The molecule has 0 aliphatic rings. The highest BCUT2D eigenvalue weighted by Gasteiger charge is 2.05. The van der Waals surface area contributed by atoms with E-state index in [0.717, 1.165) is 28.0 Å². The minimum atomic E-state index is 0.0464. The molecule has 0 unspecified atom stereocenters. The Morgan fingerprint density at radius 3 is 2.72 bits per heavy atom. The summed E-state index contributed by atoms with van der Waals surface area (Å²) in [7, 11) is 2.02. The molecular formula is C14H15BrN2O. The van der Waals surface area contributed by atoms with Gasteiger partial charge >= 0.3 is 0 Å². The lowest BCUT2D eigenvalue weighted by Crippen LogP contribution is -2.17. The molecule has 2 aromatic rings. The van der Waals surface area contributed by atoms with Gasteiger partial charge in [-0.3, -0.25) is 4.98 Å². The van der Waals surface area contributed by atoms with Crippen LogP contribution < -0.4 is 4.90 Å². The first kappa shape index (κ1) is 13.1. The van der Waals surface area contributed by atoms with E-state index >= 15 is 0 Å². The third-order valence-electron chi connectivity index (χ3n) is 2.77. The van der Waals surface area contributed by atoms with Crippen molar-refractivity contribution in [1.82, 2.24) is 4.98 Å². The van der Waals surface area contributed by atoms with Crippen LogP contribution in [0.4, 0.5) is 5.69 Å². The van der Waals surface area contributed by atoms with Gasteiger partial charge < -0.3 is 10.0 Å². The number of nitrogens with zero attached hydrogens (tertiary/aromatic N) is 2. The summed E-state index contributed by atoms with van der Waals surface area (Å²) in [6.07, 6.45) is 1.80. The second-order valence-corrected chi connectivity index (χ2v) is 4.97. The van der Waals surface area contributed by atoms with Gasteiger partial charge in [0.05, 0.1) is 18.8 Å². The number of hydrogen-bond acceptors (Lipinski definition) is 3. The van der Waals surface area contributed by atoms with Gasteiger partial charge in [-0.25, -0.2) is 0 Å². The molecule has 0 aliphatic carbocycles. The van der Waals surface area contributed by atoms with Gasteiger partial charge in [-0.15, -0.1) is 0 Å².